The molecule has 2 unspecified atom stereocenters. The molecule has 0 saturated carbocycles. The minimum atomic E-state index is 0. The largest absolute Gasteiger partial charge is 0.381 e. The summed E-state index contributed by atoms with van der Waals surface area (Å²) in [4.78, 5) is 13.7. The van der Waals surface area contributed by atoms with Crippen molar-refractivity contribution < 1.29 is 9.53 Å². The summed E-state index contributed by atoms with van der Waals surface area (Å²) in [5.41, 5.74) is 5.62. The highest BCUT2D eigenvalue weighted by Gasteiger charge is 2.30. The van der Waals surface area contributed by atoms with Crippen molar-refractivity contribution in [2.45, 2.75) is 32.7 Å². The molecule has 5 heteroatoms. The van der Waals surface area contributed by atoms with Gasteiger partial charge in [0.1, 0.15) is 0 Å². The summed E-state index contributed by atoms with van der Waals surface area (Å²) in [6.07, 6.45) is 1.53. The Labute approximate surface area is 104 Å². The highest BCUT2D eigenvalue weighted by Crippen LogP contribution is 2.22. The highest BCUT2D eigenvalue weighted by atomic mass is 35.5. The van der Waals surface area contributed by atoms with E-state index in [-0.39, 0.29) is 18.3 Å². The van der Waals surface area contributed by atoms with Crippen molar-refractivity contribution in [1.29, 1.82) is 0 Å². The Morgan fingerprint density at radius 1 is 1.56 bits per heavy atom. The second-order valence-corrected chi connectivity index (χ2v) is 4.18. The van der Waals surface area contributed by atoms with E-state index in [1.165, 1.54) is 0 Å². The van der Waals surface area contributed by atoms with Crippen LogP contribution in [0.5, 0.6) is 0 Å². The third kappa shape index (κ3) is 4.28. The lowest BCUT2D eigenvalue weighted by Gasteiger charge is -2.21. The minimum absolute atomic E-state index is 0. The zero-order valence-electron chi connectivity index (χ0n) is 10.1. The Balaban J connectivity index is 0.00000225. The first-order valence-electron chi connectivity index (χ1n) is 5.76. The van der Waals surface area contributed by atoms with Gasteiger partial charge in [-0.05, 0) is 32.7 Å². The first kappa shape index (κ1) is 15.7. The van der Waals surface area contributed by atoms with Gasteiger partial charge in [-0.25, -0.2) is 0 Å². The molecule has 0 bridgehead atoms. The quantitative estimate of drug-likeness (QED) is 0.742. The molecule has 1 saturated heterocycles. The normalized spacial score (nSPS) is 24.3. The molecule has 1 rings (SSSR count). The van der Waals surface area contributed by atoms with E-state index >= 15 is 0 Å². The Morgan fingerprint density at radius 2 is 2.25 bits per heavy atom. The number of amides is 1. The molecule has 2 N–H and O–H groups in total. The first-order valence-corrected chi connectivity index (χ1v) is 5.76. The Hall–Kier alpha value is -0.320. The van der Waals surface area contributed by atoms with E-state index in [0.717, 1.165) is 13.0 Å². The van der Waals surface area contributed by atoms with Crippen LogP contribution < -0.4 is 5.73 Å². The molecule has 1 aliphatic heterocycles. The Morgan fingerprint density at radius 3 is 2.75 bits per heavy atom. The molecule has 4 nitrogen and oxygen atoms in total. The van der Waals surface area contributed by atoms with Crippen molar-refractivity contribution in [3.8, 4) is 0 Å². The fraction of sp³-hybridized carbons (Fsp3) is 0.909. The Kier molecular flexibility index (Phi) is 7.72. The molecule has 0 aliphatic carbocycles. The number of carbonyl (C=O) groups is 1. The fourth-order valence-corrected chi connectivity index (χ4v) is 2.11. The molecule has 1 fully saturated rings. The molecule has 0 aromatic carbocycles. The lowest BCUT2D eigenvalue weighted by Crippen LogP contribution is -2.35. The highest BCUT2D eigenvalue weighted by molar-refractivity contribution is 5.85. The summed E-state index contributed by atoms with van der Waals surface area (Å²) in [5.74, 6) is 0.683. The number of nitrogens with two attached hydrogens (primary N) is 1. The van der Waals surface area contributed by atoms with Gasteiger partial charge in [0.15, 0.2) is 0 Å². The molecule has 0 aromatic heterocycles. The third-order valence-electron chi connectivity index (χ3n) is 2.98. The number of rotatable bonds is 5. The van der Waals surface area contributed by atoms with Crippen molar-refractivity contribution in [3.05, 3.63) is 0 Å². The van der Waals surface area contributed by atoms with Gasteiger partial charge in [-0.2, -0.15) is 0 Å². The minimum Gasteiger partial charge on any atom is -0.381 e. The number of halogens is 1. The maximum Gasteiger partial charge on any atom is 0.225 e. The number of nitrogens with zero attached hydrogens (tertiary/aromatic N) is 1. The van der Waals surface area contributed by atoms with Crippen LogP contribution in [0.25, 0.3) is 0 Å². The predicted octanol–water partition coefficient (Wildman–Crippen LogP) is 1.03. The summed E-state index contributed by atoms with van der Waals surface area (Å²) in [5, 5.41) is 0. The molecular weight excluding hydrogens is 228 g/mol. The van der Waals surface area contributed by atoms with Crippen LogP contribution in [0.3, 0.4) is 0 Å². The lowest BCUT2D eigenvalue weighted by molar-refractivity contribution is -0.132. The average Bonchev–Trinajstić information content (AvgIpc) is 2.60. The van der Waals surface area contributed by atoms with Gasteiger partial charge < -0.3 is 15.4 Å². The smallest absolute Gasteiger partial charge is 0.225 e. The summed E-state index contributed by atoms with van der Waals surface area (Å²) >= 11 is 0. The average molecular weight is 251 g/mol. The summed E-state index contributed by atoms with van der Waals surface area (Å²) < 4.78 is 5.18. The van der Waals surface area contributed by atoms with Crippen molar-refractivity contribution >= 4 is 18.3 Å². The van der Waals surface area contributed by atoms with Gasteiger partial charge >= 0.3 is 0 Å². The number of ether oxygens (including phenoxy) is 1. The van der Waals surface area contributed by atoms with E-state index in [4.69, 9.17) is 10.5 Å². The first-order chi connectivity index (χ1) is 7.19. The number of likely N-dealkylation sites (tertiary alicyclic amines) is 1. The van der Waals surface area contributed by atoms with Gasteiger partial charge in [0, 0.05) is 19.2 Å². The summed E-state index contributed by atoms with van der Waals surface area (Å²) in [6, 6.07) is 0.340. The standard InChI is InChI=1S/C11H22N2O2.ClH/c1-3-15-5-4-11(14)13-8-10(7-12)6-9(13)2;/h9-10H,3-8,12H2,1-2H3;1H. The van der Waals surface area contributed by atoms with Gasteiger partial charge in [0.05, 0.1) is 13.0 Å². The molecule has 1 aliphatic rings. The van der Waals surface area contributed by atoms with Gasteiger partial charge in [0.2, 0.25) is 5.91 Å². The van der Waals surface area contributed by atoms with Crippen molar-refractivity contribution in [1.82, 2.24) is 4.90 Å². The van der Waals surface area contributed by atoms with Crippen LogP contribution in [0.15, 0.2) is 0 Å². The fourth-order valence-electron chi connectivity index (χ4n) is 2.11. The molecule has 1 amide bonds. The maximum absolute atomic E-state index is 11.8. The zero-order chi connectivity index (χ0) is 11.3. The zero-order valence-corrected chi connectivity index (χ0v) is 11.0. The van der Waals surface area contributed by atoms with E-state index in [1.54, 1.807) is 0 Å². The van der Waals surface area contributed by atoms with E-state index in [9.17, 15) is 4.79 Å². The van der Waals surface area contributed by atoms with Crippen LogP contribution in [-0.2, 0) is 9.53 Å². The molecule has 0 aromatic rings. The van der Waals surface area contributed by atoms with Crippen LogP contribution in [-0.4, -0.2) is 43.2 Å². The van der Waals surface area contributed by atoms with E-state index in [1.807, 2.05) is 11.8 Å². The topological polar surface area (TPSA) is 55.6 Å². The number of hydrogen-bond acceptors (Lipinski definition) is 3. The summed E-state index contributed by atoms with van der Waals surface area (Å²) in [7, 11) is 0. The van der Waals surface area contributed by atoms with Crippen molar-refractivity contribution in [2.24, 2.45) is 11.7 Å². The third-order valence-corrected chi connectivity index (χ3v) is 2.98. The van der Waals surface area contributed by atoms with Gasteiger partial charge in [-0.1, -0.05) is 0 Å². The lowest BCUT2D eigenvalue weighted by atomic mass is 10.1. The molecule has 16 heavy (non-hydrogen) atoms. The van der Waals surface area contributed by atoms with Crippen LogP contribution in [0.4, 0.5) is 0 Å². The maximum atomic E-state index is 11.8. The number of carbonyl (C=O) groups excluding carboxylic acids is 1. The molecular formula is C11H23ClN2O2. The molecule has 96 valence electrons. The predicted molar refractivity (Wildman–Crippen MR) is 66.7 cm³/mol. The van der Waals surface area contributed by atoms with E-state index in [2.05, 4.69) is 6.92 Å². The van der Waals surface area contributed by atoms with E-state index in [0.29, 0.717) is 38.1 Å². The SMILES string of the molecule is CCOCCC(=O)N1CC(CN)CC1C.Cl. The van der Waals surface area contributed by atoms with E-state index < -0.39 is 0 Å². The molecule has 0 radical (unpaired) electrons. The molecule has 2 atom stereocenters. The van der Waals surface area contributed by atoms with Crippen molar-refractivity contribution in [2.75, 3.05) is 26.3 Å². The van der Waals surface area contributed by atoms with Crippen LogP contribution in [0.1, 0.15) is 26.7 Å². The number of hydrogen-bond donors (Lipinski definition) is 1. The molecule has 1 heterocycles. The van der Waals surface area contributed by atoms with Crippen LogP contribution >= 0.6 is 12.4 Å². The van der Waals surface area contributed by atoms with Crippen LogP contribution in [0.2, 0.25) is 0 Å². The summed E-state index contributed by atoms with van der Waals surface area (Å²) in [6.45, 7) is 6.74. The van der Waals surface area contributed by atoms with Gasteiger partial charge in [0.25, 0.3) is 0 Å². The Bertz CT molecular complexity index is 214. The second kappa shape index (κ2) is 7.87. The van der Waals surface area contributed by atoms with Crippen molar-refractivity contribution in [3.63, 3.8) is 0 Å². The van der Waals surface area contributed by atoms with Gasteiger partial charge in [-0.3, -0.25) is 4.79 Å². The monoisotopic (exact) mass is 250 g/mol. The molecule has 0 spiro atoms. The second-order valence-electron chi connectivity index (χ2n) is 4.18. The van der Waals surface area contributed by atoms with Crippen LogP contribution in [0, 0.1) is 5.92 Å². The van der Waals surface area contributed by atoms with Gasteiger partial charge in [-0.15, -0.1) is 12.4 Å².